The maximum Gasteiger partial charge on any atom is 0.308 e. The Morgan fingerprint density at radius 3 is 3.00 bits per heavy atom. The third-order valence-electron chi connectivity index (χ3n) is 6.33. The van der Waals surface area contributed by atoms with Crippen molar-refractivity contribution in [1.82, 2.24) is 0 Å². The lowest BCUT2D eigenvalue weighted by Gasteiger charge is -2.50. The van der Waals surface area contributed by atoms with Crippen molar-refractivity contribution in [3.05, 3.63) is 47.8 Å². The van der Waals surface area contributed by atoms with Crippen LogP contribution >= 0.6 is 0 Å². The predicted octanol–water partition coefficient (Wildman–Crippen LogP) is 4.56. The van der Waals surface area contributed by atoms with Gasteiger partial charge in [0, 0.05) is 12.8 Å². The third-order valence-corrected chi connectivity index (χ3v) is 6.33. The summed E-state index contributed by atoms with van der Waals surface area (Å²) in [5, 5.41) is 0. The Morgan fingerprint density at radius 1 is 1.32 bits per heavy atom. The highest BCUT2D eigenvalue weighted by atomic mass is 16.5. The van der Waals surface area contributed by atoms with Crippen LogP contribution in [0.1, 0.15) is 39.5 Å². The van der Waals surface area contributed by atoms with Crippen molar-refractivity contribution in [1.29, 1.82) is 0 Å². The molecule has 116 valence electrons. The van der Waals surface area contributed by atoms with E-state index < -0.39 is 0 Å². The molecule has 5 atom stereocenters. The average molecular weight is 296 g/mol. The molecule has 0 aliphatic heterocycles. The molecule has 4 aliphatic rings. The second-order valence-corrected chi connectivity index (χ2v) is 7.58. The third kappa shape index (κ3) is 2.12. The van der Waals surface area contributed by atoms with Gasteiger partial charge in [0.25, 0.3) is 0 Å². The van der Waals surface area contributed by atoms with Gasteiger partial charge in [-0.3, -0.25) is 4.79 Å². The van der Waals surface area contributed by atoms with Gasteiger partial charge in [-0.2, -0.15) is 0 Å². The normalized spacial score (nSPS) is 41.9. The molecular formula is C20H24O2. The van der Waals surface area contributed by atoms with Gasteiger partial charge < -0.3 is 4.74 Å². The molecule has 2 heteroatoms. The summed E-state index contributed by atoms with van der Waals surface area (Å²) in [5.41, 5.74) is 1.79. The van der Waals surface area contributed by atoms with Crippen molar-refractivity contribution < 1.29 is 9.53 Å². The van der Waals surface area contributed by atoms with E-state index in [9.17, 15) is 4.79 Å². The highest BCUT2D eigenvalue weighted by Gasteiger charge is 2.49. The van der Waals surface area contributed by atoms with Crippen molar-refractivity contribution in [3.8, 4) is 0 Å². The topological polar surface area (TPSA) is 26.3 Å². The number of fused-ring (bicyclic) bond motifs is 5. The first-order chi connectivity index (χ1) is 10.6. The molecule has 0 heterocycles. The van der Waals surface area contributed by atoms with Crippen LogP contribution in [0.3, 0.4) is 0 Å². The zero-order valence-electron chi connectivity index (χ0n) is 13.4. The molecule has 0 bridgehead atoms. The number of hydrogen-bond donors (Lipinski definition) is 0. The van der Waals surface area contributed by atoms with Crippen molar-refractivity contribution in [3.63, 3.8) is 0 Å². The molecular weight excluding hydrogens is 272 g/mol. The lowest BCUT2D eigenvalue weighted by molar-refractivity contribution is -0.136. The Hall–Kier alpha value is -1.57. The molecule has 4 rings (SSSR count). The van der Waals surface area contributed by atoms with E-state index in [1.807, 2.05) is 6.08 Å². The van der Waals surface area contributed by atoms with Crippen LogP contribution < -0.4 is 0 Å². The van der Waals surface area contributed by atoms with Gasteiger partial charge in [-0.15, -0.1) is 0 Å². The SMILES string of the molecule is CC(=O)OC1=CC2=CCC3C(CC[C@]4(C)C=CCC34)C2C=C1. The van der Waals surface area contributed by atoms with E-state index in [1.165, 1.54) is 38.2 Å². The number of ether oxygens (including phenoxy) is 1. The van der Waals surface area contributed by atoms with Crippen LogP contribution in [0.25, 0.3) is 0 Å². The van der Waals surface area contributed by atoms with Crippen LogP contribution in [-0.2, 0) is 9.53 Å². The first-order valence-corrected chi connectivity index (χ1v) is 8.53. The maximum atomic E-state index is 11.1. The van der Waals surface area contributed by atoms with E-state index in [0.29, 0.717) is 17.1 Å². The van der Waals surface area contributed by atoms with Crippen LogP contribution in [0.4, 0.5) is 0 Å². The molecule has 0 aromatic carbocycles. The Balaban J connectivity index is 1.60. The fourth-order valence-corrected chi connectivity index (χ4v) is 5.29. The molecule has 0 amide bonds. The fourth-order valence-electron chi connectivity index (χ4n) is 5.29. The van der Waals surface area contributed by atoms with Gasteiger partial charge in [0.1, 0.15) is 5.76 Å². The lowest BCUT2D eigenvalue weighted by atomic mass is 9.54. The number of carbonyl (C=O) groups is 1. The Morgan fingerprint density at radius 2 is 2.18 bits per heavy atom. The van der Waals surface area contributed by atoms with Crippen LogP contribution in [0.15, 0.2) is 47.8 Å². The molecule has 4 aliphatic carbocycles. The quantitative estimate of drug-likeness (QED) is 0.524. The smallest absolute Gasteiger partial charge is 0.308 e. The molecule has 1 fully saturated rings. The second-order valence-electron chi connectivity index (χ2n) is 7.58. The van der Waals surface area contributed by atoms with Crippen molar-refractivity contribution in [2.24, 2.45) is 29.1 Å². The molecule has 0 N–H and O–H groups in total. The number of carbonyl (C=O) groups excluding carboxylic acids is 1. The first-order valence-electron chi connectivity index (χ1n) is 8.53. The predicted molar refractivity (Wildman–Crippen MR) is 86.7 cm³/mol. The summed E-state index contributed by atoms with van der Waals surface area (Å²) in [4.78, 5) is 11.1. The van der Waals surface area contributed by atoms with Crippen molar-refractivity contribution in [2.75, 3.05) is 0 Å². The largest absolute Gasteiger partial charge is 0.427 e. The Bertz CT molecular complexity index is 622. The molecule has 1 saturated carbocycles. The van der Waals surface area contributed by atoms with E-state index in [2.05, 4.69) is 37.3 Å². The molecule has 0 aromatic rings. The van der Waals surface area contributed by atoms with Crippen molar-refractivity contribution in [2.45, 2.75) is 39.5 Å². The van der Waals surface area contributed by atoms with Crippen LogP contribution in [0.5, 0.6) is 0 Å². The standard InChI is InChI=1S/C20H24O2/c1-13(21)22-15-6-8-16-14(12-15)5-7-18-17(16)9-11-20(2)10-3-4-19(18)20/h3,5-6,8,10,12,16-19H,4,7,9,11H2,1-2H3/t16?,17?,18?,19?,20-/m0/s1. The molecule has 2 nitrogen and oxygen atoms in total. The summed E-state index contributed by atoms with van der Waals surface area (Å²) >= 11 is 0. The molecule has 0 aromatic heterocycles. The fraction of sp³-hybridized carbons (Fsp3) is 0.550. The molecule has 0 radical (unpaired) electrons. The summed E-state index contributed by atoms with van der Waals surface area (Å²) in [6.07, 6.45) is 18.7. The lowest BCUT2D eigenvalue weighted by Crippen LogP contribution is -2.42. The molecule has 0 saturated heterocycles. The van der Waals surface area contributed by atoms with Gasteiger partial charge in [0.15, 0.2) is 0 Å². The summed E-state index contributed by atoms with van der Waals surface area (Å²) < 4.78 is 5.25. The minimum absolute atomic E-state index is 0.242. The number of allylic oxidation sites excluding steroid dienone is 7. The Labute approximate surface area is 132 Å². The second kappa shape index (κ2) is 4.97. The monoisotopic (exact) mass is 296 g/mol. The molecule has 0 spiro atoms. The van der Waals surface area contributed by atoms with Gasteiger partial charge in [0.05, 0.1) is 0 Å². The summed E-state index contributed by atoms with van der Waals surface area (Å²) in [6, 6.07) is 0. The summed E-state index contributed by atoms with van der Waals surface area (Å²) in [5.74, 6) is 3.34. The number of hydrogen-bond acceptors (Lipinski definition) is 2. The van der Waals surface area contributed by atoms with E-state index in [0.717, 1.165) is 17.8 Å². The highest BCUT2D eigenvalue weighted by Crippen LogP contribution is 2.58. The molecule has 4 unspecified atom stereocenters. The number of rotatable bonds is 1. The van der Waals surface area contributed by atoms with Crippen LogP contribution in [0, 0.1) is 29.1 Å². The van der Waals surface area contributed by atoms with Gasteiger partial charge in [-0.05, 0) is 66.6 Å². The van der Waals surface area contributed by atoms with Gasteiger partial charge in [0.2, 0.25) is 0 Å². The number of esters is 1. The highest BCUT2D eigenvalue weighted by molar-refractivity contribution is 5.68. The van der Waals surface area contributed by atoms with Crippen LogP contribution in [0.2, 0.25) is 0 Å². The average Bonchev–Trinajstić information content (AvgIpc) is 2.88. The maximum absolute atomic E-state index is 11.1. The first kappa shape index (κ1) is 14.0. The van der Waals surface area contributed by atoms with E-state index >= 15 is 0 Å². The summed E-state index contributed by atoms with van der Waals surface area (Å²) in [7, 11) is 0. The van der Waals surface area contributed by atoms with Crippen molar-refractivity contribution >= 4 is 5.97 Å². The van der Waals surface area contributed by atoms with Gasteiger partial charge >= 0.3 is 5.97 Å². The van der Waals surface area contributed by atoms with Gasteiger partial charge in [-0.25, -0.2) is 0 Å². The minimum atomic E-state index is -0.242. The van der Waals surface area contributed by atoms with Gasteiger partial charge in [-0.1, -0.05) is 31.2 Å². The van der Waals surface area contributed by atoms with Crippen LogP contribution in [-0.4, -0.2) is 5.97 Å². The zero-order valence-corrected chi connectivity index (χ0v) is 13.4. The van der Waals surface area contributed by atoms with E-state index in [4.69, 9.17) is 4.74 Å². The Kier molecular flexibility index (Phi) is 3.18. The van der Waals surface area contributed by atoms with E-state index in [-0.39, 0.29) is 5.97 Å². The zero-order chi connectivity index (χ0) is 15.3. The minimum Gasteiger partial charge on any atom is -0.427 e. The van der Waals surface area contributed by atoms with E-state index in [1.54, 1.807) is 0 Å². The summed E-state index contributed by atoms with van der Waals surface area (Å²) in [6.45, 7) is 3.91. The molecule has 22 heavy (non-hydrogen) atoms.